The number of fused-ring (bicyclic) bond motifs is 1. The Labute approximate surface area is 416 Å². The van der Waals surface area contributed by atoms with E-state index in [-0.39, 0.29) is 43.6 Å². The van der Waals surface area contributed by atoms with Gasteiger partial charge in [0.25, 0.3) is 0 Å². The van der Waals surface area contributed by atoms with Crippen molar-refractivity contribution in [1.29, 1.82) is 0 Å². The maximum absolute atomic E-state index is 11.8. The summed E-state index contributed by atoms with van der Waals surface area (Å²) in [5.74, 6) is 1.65. The average Bonchev–Trinajstić information content (AvgIpc) is 4.15. The molecule has 0 aliphatic heterocycles. The van der Waals surface area contributed by atoms with Crippen LogP contribution < -0.4 is 0 Å². The van der Waals surface area contributed by atoms with Crippen molar-refractivity contribution in [3.63, 3.8) is 0 Å². The number of aromatic hydroxyl groups is 1. The molecule has 67 heavy (non-hydrogen) atoms. The predicted octanol–water partition coefficient (Wildman–Crippen LogP) is 16.3. The molecule has 5 heteroatoms. The molecule has 0 spiro atoms. The second-order valence-electron chi connectivity index (χ2n) is 21.1. The van der Waals surface area contributed by atoms with Gasteiger partial charge in [-0.1, -0.05) is 189 Å². The molecular formula is C62H64N3OPt-. The van der Waals surface area contributed by atoms with Gasteiger partial charge in [-0.15, -0.1) is 29.3 Å². The third-order valence-electron chi connectivity index (χ3n) is 14.2. The minimum Gasteiger partial charge on any atom is -0.507 e. The van der Waals surface area contributed by atoms with Crippen LogP contribution in [0.1, 0.15) is 118 Å². The number of phenolic OH excluding ortho intramolecular Hbond substituents is 1. The van der Waals surface area contributed by atoms with Gasteiger partial charge in [-0.2, -0.15) is 0 Å². The smallest absolute Gasteiger partial charge is 0.148 e. The van der Waals surface area contributed by atoms with E-state index in [1.165, 1.54) is 31.2 Å². The molecule has 2 aliphatic rings. The molecule has 4 nitrogen and oxygen atoms in total. The Hall–Kier alpha value is -5.57. The number of nitrogens with zero attached hydrogens (tertiary/aromatic N) is 3. The number of aromatic nitrogens is 3. The minimum absolute atomic E-state index is 0. The van der Waals surface area contributed by atoms with E-state index in [1.807, 2.05) is 36.5 Å². The van der Waals surface area contributed by atoms with E-state index >= 15 is 0 Å². The topological polar surface area (TPSA) is 50.9 Å². The molecule has 2 saturated carbocycles. The Balaban J connectivity index is 0.00000593. The van der Waals surface area contributed by atoms with E-state index in [2.05, 4.69) is 155 Å². The molecule has 8 aromatic rings. The van der Waals surface area contributed by atoms with Crippen molar-refractivity contribution < 1.29 is 28.9 Å². The standard InChI is InChI=1S/C62H64N3O.Pt/c1-61(2,3)50-28-30-58(66)54(40-50)60-64-59-52(21-14-22-57(59)65(60)56-29-25-44(34-42-17-12-13-18-42)35-53(56)46-19-8-7-9-20-46)48-36-49(38-51(37-48)62(4,5)6)55-39-47(31-32-63-55)45-26-23-43(24-27-45)33-41-15-10-11-16-41;/h7-9,14,19-32,35,37-42,66H,10-13,15-18,33-34H2,1-6H3;/q-1;/i33D2;. The zero-order chi connectivity index (χ0) is 47.4. The Morgan fingerprint density at radius 1 is 0.612 bits per heavy atom. The van der Waals surface area contributed by atoms with Crippen molar-refractivity contribution in [3.05, 3.63) is 168 Å². The first-order valence-electron chi connectivity index (χ1n) is 25.3. The summed E-state index contributed by atoms with van der Waals surface area (Å²) in [4.78, 5) is 10.5. The number of pyridine rings is 1. The van der Waals surface area contributed by atoms with Crippen LogP contribution in [0.25, 0.3) is 72.7 Å². The Kier molecular flexibility index (Phi) is 12.6. The van der Waals surface area contributed by atoms with Crippen LogP contribution in [0.5, 0.6) is 5.75 Å². The second kappa shape index (κ2) is 19.2. The molecule has 0 amide bonds. The first-order valence-corrected chi connectivity index (χ1v) is 24.3. The van der Waals surface area contributed by atoms with Crippen molar-refractivity contribution in [2.45, 2.75) is 117 Å². The summed E-state index contributed by atoms with van der Waals surface area (Å²) in [6.07, 6.45) is 10.9. The van der Waals surface area contributed by atoms with Gasteiger partial charge in [-0.25, -0.2) is 4.98 Å². The number of benzene rings is 6. The van der Waals surface area contributed by atoms with E-state index in [1.54, 1.807) is 0 Å². The SMILES string of the molecule is [2H]C([2H])(c1ccc(-c2ccnc(-c3[c-]c(-c4cccc5c4nc(-c4cc(C(C)(C)C)ccc4O)n5-c4ccc(CC5CCCC5)cc4-c4ccccc4)cc(C(C)(C)C)c3)c2)cc1)C1CCCC1.[Pt]. The molecule has 344 valence electrons. The van der Waals surface area contributed by atoms with Crippen LogP contribution in [0.3, 0.4) is 0 Å². The summed E-state index contributed by atoms with van der Waals surface area (Å²) in [6, 6.07) is 50.6. The van der Waals surface area contributed by atoms with Crippen LogP contribution in [0.15, 0.2) is 140 Å². The van der Waals surface area contributed by atoms with Crippen LogP contribution in [-0.2, 0) is 44.7 Å². The van der Waals surface area contributed by atoms with E-state index in [9.17, 15) is 5.11 Å². The molecule has 0 saturated heterocycles. The number of phenols is 1. The second-order valence-corrected chi connectivity index (χ2v) is 21.1. The number of para-hydroxylation sites is 1. The molecule has 0 radical (unpaired) electrons. The quantitative estimate of drug-likeness (QED) is 0.139. The molecule has 6 aromatic carbocycles. The molecule has 2 fully saturated rings. The molecule has 0 unspecified atom stereocenters. The number of hydrogen-bond acceptors (Lipinski definition) is 3. The van der Waals surface area contributed by atoms with Crippen molar-refractivity contribution >= 4 is 11.0 Å². The van der Waals surface area contributed by atoms with Crippen LogP contribution in [0, 0.1) is 17.9 Å². The van der Waals surface area contributed by atoms with Crippen molar-refractivity contribution in [2.75, 3.05) is 0 Å². The fourth-order valence-electron chi connectivity index (χ4n) is 10.3. The zero-order valence-corrected chi connectivity index (χ0v) is 42.2. The molecular weight excluding hydrogens is 998 g/mol. The normalized spacial score (nSPS) is 15.4. The van der Waals surface area contributed by atoms with E-state index in [0.717, 1.165) is 110 Å². The largest absolute Gasteiger partial charge is 0.507 e. The van der Waals surface area contributed by atoms with Crippen LogP contribution in [0.2, 0.25) is 0 Å². The van der Waals surface area contributed by atoms with Gasteiger partial charge in [0.2, 0.25) is 0 Å². The van der Waals surface area contributed by atoms with Gasteiger partial charge in [0.05, 0.1) is 22.3 Å². The third kappa shape index (κ3) is 9.89. The Morgan fingerprint density at radius 3 is 2.01 bits per heavy atom. The van der Waals surface area contributed by atoms with Crippen LogP contribution in [0.4, 0.5) is 0 Å². The fourth-order valence-corrected chi connectivity index (χ4v) is 10.3. The molecule has 0 bridgehead atoms. The Bertz CT molecular complexity index is 3110. The van der Waals surface area contributed by atoms with Crippen LogP contribution >= 0.6 is 0 Å². The van der Waals surface area contributed by atoms with Gasteiger partial charge in [0.15, 0.2) is 0 Å². The van der Waals surface area contributed by atoms with E-state index in [4.69, 9.17) is 12.7 Å². The number of imidazole rings is 1. The molecule has 2 heterocycles. The maximum Gasteiger partial charge on any atom is 0.148 e. The van der Waals surface area contributed by atoms with Crippen molar-refractivity contribution in [3.8, 4) is 67.5 Å². The first kappa shape index (κ1) is 44.0. The Morgan fingerprint density at radius 2 is 1.30 bits per heavy atom. The van der Waals surface area contributed by atoms with Gasteiger partial charge >= 0.3 is 0 Å². The summed E-state index contributed by atoms with van der Waals surface area (Å²) in [5.41, 5.74) is 15.4. The van der Waals surface area contributed by atoms with Gasteiger partial charge in [0.1, 0.15) is 11.6 Å². The summed E-state index contributed by atoms with van der Waals surface area (Å²) < 4.78 is 20.2. The monoisotopic (exact) mass is 1060 g/mol. The van der Waals surface area contributed by atoms with Gasteiger partial charge in [0, 0.05) is 41.3 Å². The van der Waals surface area contributed by atoms with Crippen molar-refractivity contribution in [1.82, 2.24) is 14.5 Å². The number of hydrogen-bond donors (Lipinski definition) is 1. The van der Waals surface area contributed by atoms with Crippen molar-refractivity contribution in [2.24, 2.45) is 11.8 Å². The summed E-state index contributed by atoms with van der Waals surface area (Å²) in [5, 5.41) is 11.8. The molecule has 1 N–H and O–H groups in total. The summed E-state index contributed by atoms with van der Waals surface area (Å²) in [7, 11) is 0. The van der Waals surface area contributed by atoms with Gasteiger partial charge in [-0.05, 0) is 105 Å². The molecule has 2 aromatic heterocycles. The molecule has 10 rings (SSSR count). The zero-order valence-electron chi connectivity index (χ0n) is 41.9. The van der Waals surface area contributed by atoms with E-state index < -0.39 is 6.37 Å². The molecule has 2 aliphatic carbocycles. The van der Waals surface area contributed by atoms with E-state index in [0.29, 0.717) is 17.3 Å². The first-order chi connectivity index (χ1) is 32.6. The summed E-state index contributed by atoms with van der Waals surface area (Å²) in [6.45, 7) is 13.3. The minimum atomic E-state index is -1.34. The van der Waals surface area contributed by atoms with Gasteiger partial charge < -0.3 is 5.11 Å². The predicted molar refractivity (Wildman–Crippen MR) is 275 cm³/mol. The maximum atomic E-state index is 11.8. The number of rotatable bonds is 10. The van der Waals surface area contributed by atoms with Crippen LogP contribution in [-0.4, -0.2) is 19.6 Å². The average molecular weight is 1060 g/mol. The van der Waals surface area contributed by atoms with Gasteiger partial charge in [-0.3, -0.25) is 9.55 Å². The third-order valence-corrected chi connectivity index (χ3v) is 14.2. The fraction of sp³-hybridized carbons (Fsp3) is 0.323. The summed E-state index contributed by atoms with van der Waals surface area (Å²) >= 11 is 0. The molecule has 0 atom stereocenters.